The molecule has 0 spiro atoms. The molecular formula is C11H22N2O3. The Morgan fingerprint density at radius 2 is 2.31 bits per heavy atom. The van der Waals surface area contributed by atoms with Gasteiger partial charge in [0.1, 0.15) is 6.73 Å². The number of urea groups is 1. The number of methoxy groups -OCH3 is 1. The van der Waals surface area contributed by atoms with Crippen molar-refractivity contribution in [3.8, 4) is 0 Å². The number of carbonyl (C=O) groups is 1. The number of nitrogens with one attached hydrogen (secondary N) is 1. The van der Waals surface area contributed by atoms with E-state index in [4.69, 9.17) is 9.47 Å². The molecule has 0 bridgehead atoms. The molecule has 5 nitrogen and oxygen atoms in total. The molecule has 1 saturated heterocycles. The van der Waals surface area contributed by atoms with Crippen molar-refractivity contribution in [2.75, 3.05) is 40.1 Å². The number of carbonyl (C=O) groups excluding carboxylic acids is 1. The summed E-state index contributed by atoms with van der Waals surface area (Å²) in [7, 11) is 1.62. The Labute approximate surface area is 97.1 Å². The minimum Gasteiger partial charge on any atom is -0.382 e. The fourth-order valence-corrected chi connectivity index (χ4v) is 1.81. The van der Waals surface area contributed by atoms with E-state index >= 15 is 0 Å². The van der Waals surface area contributed by atoms with Crippen molar-refractivity contribution in [2.45, 2.75) is 19.8 Å². The summed E-state index contributed by atoms with van der Waals surface area (Å²) in [4.78, 5) is 13.5. The number of ether oxygens (including phenoxy) is 2. The summed E-state index contributed by atoms with van der Waals surface area (Å²) in [6, 6.07) is -0.0241. The Hall–Kier alpha value is -0.810. The Morgan fingerprint density at radius 1 is 1.50 bits per heavy atom. The minimum absolute atomic E-state index is 0.0241. The molecule has 0 aromatic rings. The van der Waals surface area contributed by atoms with Crippen LogP contribution in [0.15, 0.2) is 0 Å². The van der Waals surface area contributed by atoms with Gasteiger partial charge in [-0.25, -0.2) is 4.79 Å². The van der Waals surface area contributed by atoms with Gasteiger partial charge < -0.3 is 19.7 Å². The lowest BCUT2D eigenvalue weighted by Gasteiger charge is -2.30. The van der Waals surface area contributed by atoms with Crippen LogP contribution in [-0.2, 0) is 9.47 Å². The van der Waals surface area contributed by atoms with E-state index < -0.39 is 0 Å². The molecule has 2 amide bonds. The highest BCUT2D eigenvalue weighted by atomic mass is 16.5. The summed E-state index contributed by atoms with van der Waals surface area (Å²) in [6.45, 7) is 5.20. The maximum absolute atomic E-state index is 11.7. The predicted molar refractivity (Wildman–Crippen MR) is 61.2 cm³/mol. The Kier molecular flexibility index (Phi) is 6.18. The van der Waals surface area contributed by atoms with E-state index in [1.54, 1.807) is 7.11 Å². The molecule has 0 radical (unpaired) electrons. The molecular weight excluding hydrogens is 208 g/mol. The van der Waals surface area contributed by atoms with Crippen molar-refractivity contribution in [3.05, 3.63) is 0 Å². The molecule has 0 aromatic heterocycles. The average molecular weight is 230 g/mol. The van der Waals surface area contributed by atoms with E-state index in [0.29, 0.717) is 19.1 Å². The van der Waals surface area contributed by atoms with Gasteiger partial charge in [0, 0.05) is 20.2 Å². The summed E-state index contributed by atoms with van der Waals surface area (Å²) in [6.07, 6.45) is 2.31. The number of nitrogens with zero attached hydrogens (tertiary/aromatic N) is 1. The van der Waals surface area contributed by atoms with Gasteiger partial charge in [-0.15, -0.1) is 0 Å². The third kappa shape index (κ3) is 4.81. The first kappa shape index (κ1) is 13.3. The molecule has 1 rings (SSSR count). The quantitative estimate of drug-likeness (QED) is 0.567. The van der Waals surface area contributed by atoms with Crippen LogP contribution in [0.4, 0.5) is 4.79 Å². The van der Waals surface area contributed by atoms with Crippen LogP contribution in [-0.4, -0.2) is 51.1 Å². The number of amides is 2. The normalized spacial score (nSPS) is 20.9. The molecule has 1 N–H and O–H groups in total. The van der Waals surface area contributed by atoms with E-state index in [-0.39, 0.29) is 12.8 Å². The van der Waals surface area contributed by atoms with Crippen LogP contribution < -0.4 is 5.32 Å². The first-order chi connectivity index (χ1) is 7.74. The fraction of sp³-hybridized carbons (Fsp3) is 0.909. The van der Waals surface area contributed by atoms with Crippen molar-refractivity contribution in [3.63, 3.8) is 0 Å². The van der Waals surface area contributed by atoms with Gasteiger partial charge in [0.05, 0.1) is 13.2 Å². The second kappa shape index (κ2) is 7.46. The third-order valence-electron chi connectivity index (χ3n) is 2.70. The SMILES string of the molecule is COCCOCNC(=O)N1CCCC(C)C1. The molecule has 1 aliphatic rings. The van der Waals surface area contributed by atoms with Gasteiger partial charge in [-0.05, 0) is 18.8 Å². The second-order valence-corrected chi connectivity index (χ2v) is 4.22. The van der Waals surface area contributed by atoms with Crippen LogP contribution in [0.2, 0.25) is 0 Å². The molecule has 0 aliphatic carbocycles. The monoisotopic (exact) mass is 230 g/mol. The van der Waals surface area contributed by atoms with E-state index in [1.807, 2.05) is 4.90 Å². The number of rotatable bonds is 5. The summed E-state index contributed by atoms with van der Waals surface area (Å²) < 4.78 is 10.0. The standard InChI is InChI=1S/C11H22N2O3/c1-10-4-3-5-13(8-10)11(14)12-9-16-7-6-15-2/h10H,3-9H2,1-2H3,(H,12,14). The Bertz CT molecular complexity index is 211. The molecule has 0 saturated carbocycles. The van der Waals surface area contributed by atoms with E-state index in [0.717, 1.165) is 19.5 Å². The van der Waals surface area contributed by atoms with Crippen molar-refractivity contribution < 1.29 is 14.3 Å². The predicted octanol–water partition coefficient (Wildman–Crippen LogP) is 1.05. The number of hydrogen-bond donors (Lipinski definition) is 1. The molecule has 0 aromatic carbocycles. The van der Waals surface area contributed by atoms with Gasteiger partial charge in [-0.2, -0.15) is 0 Å². The van der Waals surface area contributed by atoms with Crippen molar-refractivity contribution >= 4 is 6.03 Å². The Balaban J connectivity index is 2.09. The zero-order valence-corrected chi connectivity index (χ0v) is 10.2. The van der Waals surface area contributed by atoms with Gasteiger partial charge >= 0.3 is 6.03 Å². The Morgan fingerprint density at radius 3 is 3.00 bits per heavy atom. The maximum Gasteiger partial charge on any atom is 0.319 e. The zero-order chi connectivity index (χ0) is 11.8. The van der Waals surface area contributed by atoms with Gasteiger partial charge in [0.25, 0.3) is 0 Å². The molecule has 1 atom stereocenters. The highest BCUT2D eigenvalue weighted by molar-refractivity contribution is 5.74. The van der Waals surface area contributed by atoms with Crippen LogP contribution in [0, 0.1) is 5.92 Å². The van der Waals surface area contributed by atoms with Crippen molar-refractivity contribution in [1.82, 2.24) is 10.2 Å². The first-order valence-electron chi connectivity index (χ1n) is 5.83. The molecule has 94 valence electrons. The lowest BCUT2D eigenvalue weighted by Crippen LogP contribution is -2.45. The van der Waals surface area contributed by atoms with Gasteiger partial charge in [0.2, 0.25) is 0 Å². The van der Waals surface area contributed by atoms with Crippen LogP contribution in [0.25, 0.3) is 0 Å². The summed E-state index contributed by atoms with van der Waals surface area (Å²) in [5.74, 6) is 0.605. The van der Waals surface area contributed by atoms with Gasteiger partial charge in [0.15, 0.2) is 0 Å². The lowest BCUT2D eigenvalue weighted by atomic mass is 10.0. The molecule has 1 fully saturated rings. The smallest absolute Gasteiger partial charge is 0.319 e. The fourth-order valence-electron chi connectivity index (χ4n) is 1.81. The summed E-state index contributed by atoms with van der Waals surface area (Å²) in [5.41, 5.74) is 0. The number of piperidine rings is 1. The lowest BCUT2D eigenvalue weighted by molar-refractivity contribution is 0.0605. The molecule has 1 aliphatic heterocycles. The highest BCUT2D eigenvalue weighted by Gasteiger charge is 2.20. The zero-order valence-electron chi connectivity index (χ0n) is 10.2. The molecule has 5 heteroatoms. The molecule has 1 unspecified atom stereocenters. The van der Waals surface area contributed by atoms with Crippen LogP contribution in [0.5, 0.6) is 0 Å². The second-order valence-electron chi connectivity index (χ2n) is 4.22. The minimum atomic E-state index is -0.0241. The number of likely N-dealkylation sites (tertiary alicyclic amines) is 1. The summed E-state index contributed by atoms with van der Waals surface area (Å²) >= 11 is 0. The van der Waals surface area contributed by atoms with E-state index in [2.05, 4.69) is 12.2 Å². The highest BCUT2D eigenvalue weighted by Crippen LogP contribution is 2.14. The van der Waals surface area contributed by atoms with Crippen LogP contribution in [0.1, 0.15) is 19.8 Å². The average Bonchev–Trinajstić information content (AvgIpc) is 2.28. The van der Waals surface area contributed by atoms with Gasteiger partial charge in [-0.3, -0.25) is 0 Å². The molecule has 16 heavy (non-hydrogen) atoms. The van der Waals surface area contributed by atoms with Crippen molar-refractivity contribution in [1.29, 1.82) is 0 Å². The molecule has 1 heterocycles. The van der Waals surface area contributed by atoms with Gasteiger partial charge in [-0.1, -0.05) is 6.92 Å². The third-order valence-corrected chi connectivity index (χ3v) is 2.70. The van der Waals surface area contributed by atoms with E-state index in [9.17, 15) is 4.79 Å². The van der Waals surface area contributed by atoms with Crippen LogP contribution in [0.3, 0.4) is 0 Å². The van der Waals surface area contributed by atoms with E-state index in [1.165, 1.54) is 6.42 Å². The summed E-state index contributed by atoms with van der Waals surface area (Å²) in [5, 5.41) is 2.74. The topological polar surface area (TPSA) is 50.8 Å². The largest absolute Gasteiger partial charge is 0.382 e. The van der Waals surface area contributed by atoms with Crippen LogP contribution >= 0.6 is 0 Å². The van der Waals surface area contributed by atoms with Crippen molar-refractivity contribution in [2.24, 2.45) is 5.92 Å². The number of hydrogen-bond acceptors (Lipinski definition) is 3. The first-order valence-corrected chi connectivity index (χ1v) is 5.83. The maximum atomic E-state index is 11.7.